The molecule has 2 unspecified atom stereocenters. The van der Waals surface area contributed by atoms with Crippen molar-refractivity contribution in [3.8, 4) is 0 Å². The van der Waals surface area contributed by atoms with Crippen LogP contribution in [0.5, 0.6) is 0 Å². The minimum atomic E-state index is 0.780. The van der Waals surface area contributed by atoms with Gasteiger partial charge in [0.25, 0.3) is 0 Å². The van der Waals surface area contributed by atoms with E-state index in [2.05, 4.69) is 24.0 Å². The number of rotatable bonds is 4. The van der Waals surface area contributed by atoms with Crippen LogP contribution < -0.4 is 5.32 Å². The van der Waals surface area contributed by atoms with E-state index in [0.29, 0.717) is 0 Å². The summed E-state index contributed by atoms with van der Waals surface area (Å²) in [7, 11) is 0. The fourth-order valence-corrected chi connectivity index (χ4v) is 4.33. The Balaban J connectivity index is 1.76. The molecule has 1 saturated carbocycles. The molecule has 15 heavy (non-hydrogen) atoms. The van der Waals surface area contributed by atoms with Crippen LogP contribution in [-0.2, 0) is 4.74 Å². The number of ether oxygens (including phenoxy) is 1. The van der Waals surface area contributed by atoms with Crippen molar-refractivity contribution < 1.29 is 4.74 Å². The van der Waals surface area contributed by atoms with E-state index in [0.717, 1.165) is 36.3 Å². The lowest BCUT2D eigenvalue weighted by Gasteiger charge is -2.27. The predicted molar refractivity (Wildman–Crippen MR) is 66.5 cm³/mol. The maximum absolute atomic E-state index is 5.41. The van der Waals surface area contributed by atoms with Crippen molar-refractivity contribution in [2.24, 2.45) is 0 Å². The van der Waals surface area contributed by atoms with Crippen molar-refractivity contribution in [3.05, 3.63) is 0 Å². The molecule has 0 aromatic carbocycles. The Kier molecular flexibility index (Phi) is 4.79. The summed E-state index contributed by atoms with van der Waals surface area (Å²) in [5, 5.41) is 5.36. The highest BCUT2D eigenvalue weighted by molar-refractivity contribution is 8.00. The zero-order valence-electron chi connectivity index (χ0n) is 9.71. The van der Waals surface area contributed by atoms with Gasteiger partial charge in [-0.2, -0.15) is 11.8 Å². The van der Waals surface area contributed by atoms with Crippen LogP contribution in [0.3, 0.4) is 0 Å². The van der Waals surface area contributed by atoms with E-state index >= 15 is 0 Å². The Morgan fingerprint density at radius 3 is 2.73 bits per heavy atom. The fourth-order valence-electron chi connectivity index (χ4n) is 2.64. The molecule has 0 aromatic rings. The molecule has 0 spiro atoms. The lowest BCUT2D eigenvalue weighted by molar-refractivity contribution is 0.0999. The number of hydrogen-bond acceptors (Lipinski definition) is 3. The molecule has 1 saturated heterocycles. The maximum Gasteiger partial charge on any atom is 0.0476 e. The predicted octanol–water partition coefficient (Wildman–Crippen LogP) is 2.43. The second-order valence-corrected chi connectivity index (χ2v) is 6.13. The van der Waals surface area contributed by atoms with Crippen LogP contribution >= 0.6 is 11.8 Å². The number of nitrogens with one attached hydrogen (secondary N) is 1. The Morgan fingerprint density at radius 1 is 1.20 bits per heavy atom. The van der Waals surface area contributed by atoms with E-state index in [1.807, 2.05) is 0 Å². The van der Waals surface area contributed by atoms with E-state index in [4.69, 9.17) is 4.74 Å². The lowest BCUT2D eigenvalue weighted by Crippen LogP contribution is -2.35. The van der Waals surface area contributed by atoms with Crippen molar-refractivity contribution in [2.45, 2.75) is 55.6 Å². The highest BCUT2D eigenvalue weighted by Crippen LogP contribution is 2.35. The summed E-state index contributed by atoms with van der Waals surface area (Å²) in [4.78, 5) is 0. The average molecular weight is 229 g/mol. The van der Waals surface area contributed by atoms with E-state index in [-0.39, 0.29) is 0 Å². The molecule has 2 rings (SSSR count). The zero-order chi connectivity index (χ0) is 10.5. The van der Waals surface area contributed by atoms with Gasteiger partial charge in [-0.3, -0.25) is 0 Å². The molecule has 1 heterocycles. The van der Waals surface area contributed by atoms with Crippen LogP contribution in [0, 0.1) is 0 Å². The van der Waals surface area contributed by atoms with Gasteiger partial charge in [0, 0.05) is 29.8 Å². The standard InChI is InChI=1S/C12H23NOS/c1-2-13-11-4-3-5-12(11)15-10-6-8-14-9-7-10/h10-13H,2-9H2,1H3. The molecule has 0 amide bonds. The van der Waals surface area contributed by atoms with Crippen molar-refractivity contribution in [1.82, 2.24) is 5.32 Å². The normalized spacial score (nSPS) is 33.4. The second kappa shape index (κ2) is 6.12. The van der Waals surface area contributed by atoms with Gasteiger partial charge in [-0.25, -0.2) is 0 Å². The molecule has 2 aliphatic rings. The van der Waals surface area contributed by atoms with Crippen LogP contribution in [0.2, 0.25) is 0 Å². The third kappa shape index (κ3) is 3.36. The van der Waals surface area contributed by atoms with Gasteiger partial charge in [0.15, 0.2) is 0 Å². The first-order valence-electron chi connectivity index (χ1n) is 6.36. The van der Waals surface area contributed by atoms with Crippen molar-refractivity contribution in [1.29, 1.82) is 0 Å². The quantitative estimate of drug-likeness (QED) is 0.800. The van der Waals surface area contributed by atoms with Crippen LogP contribution in [0.15, 0.2) is 0 Å². The second-order valence-electron chi connectivity index (χ2n) is 4.58. The molecule has 2 nitrogen and oxygen atoms in total. The van der Waals surface area contributed by atoms with Crippen LogP contribution in [0.4, 0.5) is 0 Å². The molecule has 0 bridgehead atoms. The largest absolute Gasteiger partial charge is 0.381 e. The van der Waals surface area contributed by atoms with Crippen molar-refractivity contribution in [3.63, 3.8) is 0 Å². The Hall–Kier alpha value is 0.270. The van der Waals surface area contributed by atoms with Gasteiger partial charge in [-0.1, -0.05) is 13.3 Å². The third-order valence-corrected chi connectivity index (χ3v) is 5.22. The molecule has 0 aromatic heterocycles. The lowest BCUT2D eigenvalue weighted by atomic mass is 10.2. The highest BCUT2D eigenvalue weighted by Gasteiger charge is 2.29. The van der Waals surface area contributed by atoms with Crippen molar-refractivity contribution in [2.75, 3.05) is 19.8 Å². The van der Waals surface area contributed by atoms with E-state index < -0.39 is 0 Å². The first-order chi connectivity index (χ1) is 7.40. The molecule has 3 heteroatoms. The van der Waals surface area contributed by atoms with E-state index in [9.17, 15) is 0 Å². The van der Waals surface area contributed by atoms with Gasteiger partial charge in [0.1, 0.15) is 0 Å². The summed E-state index contributed by atoms with van der Waals surface area (Å²) >= 11 is 2.23. The number of hydrogen-bond donors (Lipinski definition) is 1. The van der Waals surface area contributed by atoms with Gasteiger partial charge in [0.05, 0.1) is 0 Å². The van der Waals surface area contributed by atoms with Gasteiger partial charge in [-0.15, -0.1) is 0 Å². The van der Waals surface area contributed by atoms with E-state index in [1.54, 1.807) is 0 Å². The zero-order valence-corrected chi connectivity index (χ0v) is 10.5. The maximum atomic E-state index is 5.41. The molecular formula is C12H23NOS. The van der Waals surface area contributed by atoms with Gasteiger partial charge >= 0.3 is 0 Å². The first kappa shape index (κ1) is 11.7. The van der Waals surface area contributed by atoms with Gasteiger partial charge in [-0.05, 0) is 32.2 Å². The molecular weight excluding hydrogens is 206 g/mol. The monoisotopic (exact) mass is 229 g/mol. The third-order valence-electron chi connectivity index (χ3n) is 3.45. The molecule has 88 valence electrons. The van der Waals surface area contributed by atoms with Crippen LogP contribution in [0.1, 0.15) is 39.0 Å². The molecule has 1 aliphatic heterocycles. The molecule has 2 fully saturated rings. The number of thioether (sulfide) groups is 1. The topological polar surface area (TPSA) is 21.3 Å². The molecule has 0 radical (unpaired) electrons. The van der Waals surface area contributed by atoms with E-state index in [1.165, 1.54) is 32.1 Å². The Labute approximate surface area is 97.5 Å². The molecule has 1 aliphatic carbocycles. The van der Waals surface area contributed by atoms with Crippen LogP contribution in [-0.4, -0.2) is 36.3 Å². The van der Waals surface area contributed by atoms with Gasteiger partial charge in [0.2, 0.25) is 0 Å². The summed E-state index contributed by atoms with van der Waals surface area (Å²) in [5.41, 5.74) is 0. The summed E-state index contributed by atoms with van der Waals surface area (Å²) in [6.07, 6.45) is 6.74. The minimum Gasteiger partial charge on any atom is -0.381 e. The highest BCUT2D eigenvalue weighted by atomic mass is 32.2. The summed E-state index contributed by atoms with van der Waals surface area (Å²) in [6, 6.07) is 0.780. The first-order valence-corrected chi connectivity index (χ1v) is 7.31. The van der Waals surface area contributed by atoms with Crippen molar-refractivity contribution >= 4 is 11.8 Å². The van der Waals surface area contributed by atoms with Crippen LogP contribution in [0.25, 0.3) is 0 Å². The summed E-state index contributed by atoms with van der Waals surface area (Å²) in [6.45, 7) is 5.30. The smallest absolute Gasteiger partial charge is 0.0476 e. The Bertz CT molecular complexity index is 182. The minimum absolute atomic E-state index is 0.780. The van der Waals surface area contributed by atoms with Gasteiger partial charge < -0.3 is 10.1 Å². The SMILES string of the molecule is CCNC1CCCC1SC1CCOCC1. The average Bonchev–Trinajstić information content (AvgIpc) is 2.68. The fraction of sp³-hybridized carbons (Fsp3) is 1.00. The molecule has 1 N–H and O–H groups in total. The Morgan fingerprint density at radius 2 is 2.00 bits per heavy atom. The summed E-state index contributed by atoms with van der Waals surface area (Å²) < 4.78 is 5.41. The summed E-state index contributed by atoms with van der Waals surface area (Å²) in [5.74, 6) is 0. The molecule has 2 atom stereocenters.